The molecule has 0 aliphatic heterocycles. The van der Waals surface area contributed by atoms with Gasteiger partial charge < -0.3 is 9.15 Å². The second-order valence-electron chi connectivity index (χ2n) is 4.83. The van der Waals surface area contributed by atoms with Gasteiger partial charge in [0.15, 0.2) is 6.61 Å². The highest BCUT2D eigenvalue weighted by Gasteiger charge is 2.15. The normalized spacial score (nSPS) is 10.5. The van der Waals surface area contributed by atoms with Crippen molar-refractivity contribution >= 4 is 23.5 Å². The minimum absolute atomic E-state index is 0.0770. The molecule has 3 aromatic rings. The van der Waals surface area contributed by atoms with E-state index in [1.807, 2.05) is 0 Å². The van der Waals surface area contributed by atoms with Gasteiger partial charge in [-0.1, -0.05) is 16.7 Å². The number of carbonyl (C=O) groups is 1. The molecule has 6 nitrogen and oxygen atoms in total. The van der Waals surface area contributed by atoms with Crippen LogP contribution < -0.4 is 10.1 Å². The number of hydrogen-bond donors (Lipinski definition) is 1. The third-order valence-corrected chi connectivity index (χ3v) is 3.27. The average Bonchev–Trinajstić information content (AvgIpc) is 3.02. The zero-order valence-corrected chi connectivity index (χ0v) is 13.3. The Bertz CT molecular complexity index is 900. The van der Waals surface area contributed by atoms with Crippen LogP contribution in [-0.4, -0.2) is 22.7 Å². The number of ether oxygens (including phenoxy) is 1. The summed E-state index contributed by atoms with van der Waals surface area (Å²) in [6, 6.07) is 9.14. The average molecular weight is 366 g/mol. The van der Waals surface area contributed by atoms with Gasteiger partial charge in [0.2, 0.25) is 0 Å². The lowest BCUT2D eigenvalue weighted by Gasteiger charge is -2.05. The van der Waals surface area contributed by atoms with E-state index in [4.69, 9.17) is 20.8 Å². The Hall–Kier alpha value is -3.00. The van der Waals surface area contributed by atoms with E-state index in [0.29, 0.717) is 16.8 Å². The van der Waals surface area contributed by atoms with Gasteiger partial charge in [-0.05, 0) is 36.4 Å². The van der Waals surface area contributed by atoms with Crippen molar-refractivity contribution in [3.05, 3.63) is 59.1 Å². The molecule has 1 heterocycles. The van der Waals surface area contributed by atoms with E-state index in [1.165, 1.54) is 0 Å². The number of nitrogens with one attached hydrogen (secondary N) is 1. The molecule has 1 aromatic heterocycles. The number of aromatic nitrogens is 2. The van der Waals surface area contributed by atoms with Crippen LogP contribution in [0.5, 0.6) is 5.75 Å². The second-order valence-corrected chi connectivity index (χ2v) is 5.26. The summed E-state index contributed by atoms with van der Waals surface area (Å²) >= 11 is 5.74. The van der Waals surface area contributed by atoms with Crippen molar-refractivity contribution in [2.75, 3.05) is 11.9 Å². The van der Waals surface area contributed by atoms with Crippen LogP contribution in [0.2, 0.25) is 5.02 Å². The van der Waals surface area contributed by atoms with E-state index in [9.17, 15) is 13.6 Å². The van der Waals surface area contributed by atoms with Crippen LogP contribution in [0.3, 0.4) is 0 Å². The number of benzene rings is 2. The maximum Gasteiger partial charge on any atom is 0.322 e. The minimum Gasteiger partial charge on any atom is -0.484 e. The Labute approximate surface area is 145 Å². The molecule has 0 aliphatic rings. The number of hydrogen-bond acceptors (Lipinski definition) is 5. The van der Waals surface area contributed by atoms with Crippen molar-refractivity contribution in [3.8, 4) is 17.2 Å². The summed E-state index contributed by atoms with van der Waals surface area (Å²) in [5.74, 6) is -1.86. The number of amides is 1. The molecule has 9 heteroatoms. The highest BCUT2D eigenvalue weighted by molar-refractivity contribution is 6.30. The van der Waals surface area contributed by atoms with Crippen LogP contribution in [0.25, 0.3) is 11.5 Å². The molecule has 0 radical (unpaired) electrons. The molecule has 1 N–H and O–H groups in total. The molecule has 1 amide bonds. The van der Waals surface area contributed by atoms with Gasteiger partial charge in [-0.15, -0.1) is 5.10 Å². The first kappa shape index (κ1) is 16.8. The molecule has 3 rings (SSSR count). The molecular formula is C16H10ClF2N3O3. The smallest absolute Gasteiger partial charge is 0.322 e. The fraction of sp³-hybridized carbons (Fsp3) is 0.0625. The van der Waals surface area contributed by atoms with Crippen LogP contribution >= 0.6 is 11.6 Å². The molecular weight excluding hydrogens is 356 g/mol. The minimum atomic E-state index is -0.854. The van der Waals surface area contributed by atoms with E-state index < -0.39 is 17.5 Å². The summed E-state index contributed by atoms with van der Waals surface area (Å²) in [7, 11) is 0. The summed E-state index contributed by atoms with van der Waals surface area (Å²) in [4.78, 5) is 11.8. The number of rotatable bonds is 5. The fourth-order valence-corrected chi connectivity index (χ4v) is 2.01. The molecule has 0 unspecified atom stereocenters. The van der Waals surface area contributed by atoms with Gasteiger partial charge in [-0.25, -0.2) is 8.78 Å². The summed E-state index contributed by atoms with van der Waals surface area (Å²) in [6.07, 6.45) is 0. The van der Waals surface area contributed by atoms with Gasteiger partial charge in [0.05, 0.1) is 5.56 Å². The SMILES string of the molecule is O=C(COc1ccc(Cl)cc1)Nc1nnc(-c2ccc(F)cc2F)o1. The lowest BCUT2D eigenvalue weighted by molar-refractivity contribution is -0.118. The van der Waals surface area contributed by atoms with E-state index in [1.54, 1.807) is 24.3 Å². The maximum absolute atomic E-state index is 13.7. The molecule has 0 bridgehead atoms. The van der Waals surface area contributed by atoms with Crippen LogP contribution in [0.1, 0.15) is 0 Å². The predicted molar refractivity (Wildman–Crippen MR) is 85.2 cm³/mol. The van der Waals surface area contributed by atoms with Crippen LogP contribution in [0.4, 0.5) is 14.8 Å². The van der Waals surface area contributed by atoms with Crippen LogP contribution in [0.15, 0.2) is 46.9 Å². The lowest BCUT2D eigenvalue weighted by Crippen LogP contribution is -2.20. The Morgan fingerprint density at radius 1 is 1.16 bits per heavy atom. The number of halogens is 3. The first-order valence-electron chi connectivity index (χ1n) is 6.98. The topological polar surface area (TPSA) is 77.2 Å². The van der Waals surface area contributed by atoms with E-state index in [2.05, 4.69) is 15.5 Å². The van der Waals surface area contributed by atoms with Crippen molar-refractivity contribution in [2.24, 2.45) is 0 Å². The Morgan fingerprint density at radius 2 is 1.92 bits per heavy atom. The standard InChI is InChI=1S/C16H10ClF2N3O3/c17-9-1-4-11(5-2-9)24-8-14(23)20-16-22-21-15(25-16)12-6-3-10(18)7-13(12)19/h1-7H,8H2,(H,20,22,23). The van der Waals surface area contributed by atoms with E-state index in [-0.39, 0.29) is 24.1 Å². The number of anilines is 1. The molecule has 0 saturated carbocycles. The largest absolute Gasteiger partial charge is 0.484 e. The zero-order valence-electron chi connectivity index (χ0n) is 12.5. The van der Waals surface area contributed by atoms with E-state index >= 15 is 0 Å². The highest BCUT2D eigenvalue weighted by atomic mass is 35.5. The summed E-state index contributed by atoms with van der Waals surface area (Å²) < 4.78 is 37.0. The highest BCUT2D eigenvalue weighted by Crippen LogP contribution is 2.23. The molecule has 0 saturated heterocycles. The molecule has 128 valence electrons. The van der Waals surface area contributed by atoms with Crippen LogP contribution in [0, 0.1) is 11.6 Å². The van der Waals surface area contributed by atoms with Gasteiger partial charge in [-0.3, -0.25) is 10.1 Å². The van der Waals surface area contributed by atoms with Crippen molar-refractivity contribution in [3.63, 3.8) is 0 Å². The van der Waals surface area contributed by atoms with Gasteiger partial charge in [-0.2, -0.15) is 0 Å². The molecule has 2 aromatic carbocycles. The first-order chi connectivity index (χ1) is 12.0. The summed E-state index contributed by atoms with van der Waals surface area (Å²) in [6.45, 7) is -0.301. The van der Waals surface area contributed by atoms with Gasteiger partial charge >= 0.3 is 6.01 Å². The number of nitrogens with zero attached hydrogens (tertiary/aromatic N) is 2. The molecule has 25 heavy (non-hydrogen) atoms. The molecule has 0 atom stereocenters. The summed E-state index contributed by atoms with van der Waals surface area (Å²) in [5, 5.41) is 10.1. The third-order valence-electron chi connectivity index (χ3n) is 3.02. The van der Waals surface area contributed by atoms with Crippen molar-refractivity contribution < 1.29 is 22.7 Å². The third kappa shape index (κ3) is 4.30. The molecule has 0 fully saturated rings. The van der Waals surface area contributed by atoms with Crippen molar-refractivity contribution in [1.29, 1.82) is 0 Å². The zero-order chi connectivity index (χ0) is 17.8. The first-order valence-corrected chi connectivity index (χ1v) is 7.36. The Balaban J connectivity index is 1.60. The second kappa shape index (κ2) is 7.27. The fourth-order valence-electron chi connectivity index (χ4n) is 1.88. The Kier molecular flexibility index (Phi) is 4.90. The maximum atomic E-state index is 13.7. The van der Waals surface area contributed by atoms with Crippen molar-refractivity contribution in [1.82, 2.24) is 10.2 Å². The predicted octanol–water partition coefficient (Wildman–Crippen LogP) is 3.69. The Morgan fingerprint density at radius 3 is 2.64 bits per heavy atom. The lowest BCUT2D eigenvalue weighted by atomic mass is 10.2. The van der Waals surface area contributed by atoms with Crippen molar-refractivity contribution in [2.45, 2.75) is 0 Å². The van der Waals surface area contributed by atoms with Gasteiger partial charge in [0.25, 0.3) is 11.8 Å². The molecule has 0 aliphatic carbocycles. The monoisotopic (exact) mass is 365 g/mol. The molecule has 0 spiro atoms. The van der Waals surface area contributed by atoms with Gasteiger partial charge in [0, 0.05) is 11.1 Å². The van der Waals surface area contributed by atoms with Gasteiger partial charge in [0.1, 0.15) is 17.4 Å². The summed E-state index contributed by atoms with van der Waals surface area (Å²) in [5.41, 5.74) is -0.0770. The quantitative estimate of drug-likeness (QED) is 0.746. The number of carbonyl (C=O) groups excluding carboxylic acids is 1. The van der Waals surface area contributed by atoms with Crippen LogP contribution in [-0.2, 0) is 4.79 Å². The van der Waals surface area contributed by atoms with E-state index in [0.717, 1.165) is 12.1 Å².